The van der Waals surface area contributed by atoms with Gasteiger partial charge in [0.05, 0.1) is 23.2 Å². The van der Waals surface area contributed by atoms with Crippen molar-refractivity contribution in [1.82, 2.24) is 9.36 Å². The van der Waals surface area contributed by atoms with Crippen molar-refractivity contribution in [2.24, 2.45) is 5.92 Å². The Morgan fingerprint density at radius 3 is 2.21 bits per heavy atom. The van der Waals surface area contributed by atoms with Crippen LogP contribution in [-0.2, 0) is 11.3 Å². The van der Waals surface area contributed by atoms with Crippen molar-refractivity contribution in [3.8, 4) is 0 Å². The zero-order valence-electron chi connectivity index (χ0n) is 13.4. The molecule has 0 radical (unpaired) electrons. The number of aromatic nitrogens is 2. The van der Waals surface area contributed by atoms with Gasteiger partial charge in [-0.25, -0.2) is 9.36 Å². The molecule has 1 aromatic heterocycles. The van der Waals surface area contributed by atoms with E-state index in [4.69, 9.17) is 0 Å². The normalized spacial score (nSPS) is 16.9. The lowest BCUT2D eigenvalue weighted by Crippen LogP contribution is -2.42. The van der Waals surface area contributed by atoms with Crippen molar-refractivity contribution in [1.29, 1.82) is 0 Å². The number of rotatable bonds is 1. The Morgan fingerprint density at radius 1 is 1.04 bits per heavy atom. The molecule has 1 atom stereocenters. The van der Waals surface area contributed by atoms with Gasteiger partial charge >= 0.3 is 0 Å². The van der Waals surface area contributed by atoms with E-state index in [2.05, 4.69) is 0 Å². The Labute approximate surface area is 137 Å². The molecule has 5 heteroatoms. The van der Waals surface area contributed by atoms with Crippen LogP contribution in [0.2, 0.25) is 0 Å². The first-order valence-corrected chi connectivity index (χ1v) is 7.84. The van der Waals surface area contributed by atoms with Crippen LogP contribution in [-0.4, -0.2) is 15.1 Å². The van der Waals surface area contributed by atoms with E-state index in [1.54, 1.807) is 18.3 Å². The molecular formula is C19H16N2O3. The minimum absolute atomic E-state index is 0.00652. The van der Waals surface area contributed by atoms with E-state index >= 15 is 0 Å². The molecule has 120 valence electrons. The van der Waals surface area contributed by atoms with Crippen molar-refractivity contribution in [3.05, 3.63) is 62.7 Å². The van der Waals surface area contributed by atoms with Crippen LogP contribution in [0.5, 0.6) is 0 Å². The number of nitrogens with zero attached hydrogens (tertiary/aromatic N) is 2. The van der Waals surface area contributed by atoms with Gasteiger partial charge < -0.3 is 0 Å². The monoisotopic (exact) mass is 320 g/mol. The van der Waals surface area contributed by atoms with E-state index in [9.17, 15) is 14.4 Å². The van der Waals surface area contributed by atoms with Crippen molar-refractivity contribution in [2.45, 2.75) is 20.4 Å². The van der Waals surface area contributed by atoms with Crippen molar-refractivity contribution < 1.29 is 4.79 Å². The number of carbonyl (C=O) groups is 1. The summed E-state index contributed by atoms with van der Waals surface area (Å²) in [5.41, 5.74) is 0.311. The highest BCUT2D eigenvalue weighted by Crippen LogP contribution is 2.22. The fraction of sp³-hybridized carbons (Fsp3) is 0.211. The van der Waals surface area contributed by atoms with Crippen LogP contribution < -0.4 is 11.1 Å². The molecule has 1 aliphatic heterocycles. The second kappa shape index (κ2) is 5.03. The molecule has 2 heterocycles. The Morgan fingerprint density at radius 2 is 1.62 bits per heavy atom. The van der Waals surface area contributed by atoms with Gasteiger partial charge in [0.15, 0.2) is 0 Å². The number of benzene rings is 2. The minimum atomic E-state index is -0.361. The first-order chi connectivity index (χ1) is 11.5. The molecule has 0 aliphatic carbocycles. The highest BCUT2D eigenvalue weighted by atomic mass is 16.2. The number of hydrogen-bond acceptors (Lipinski definition) is 3. The van der Waals surface area contributed by atoms with Gasteiger partial charge in [-0.15, -0.1) is 0 Å². The molecule has 0 N–H and O–H groups in total. The molecule has 3 aromatic rings. The third-order valence-electron chi connectivity index (χ3n) is 4.77. The highest BCUT2D eigenvalue weighted by Gasteiger charge is 2.25. The lowest BCUT2D eigenvalue weighted by Gasteiger charge is -2.25. The molecule has 2 aromatic carbocycles. The Kier molecular flexibility index (Phi) is 3.06. The van der Waals surface area contributed by atoms with E-state index in [0.29, 0.717) is 10.8 Å². The predicted octanol–water partition coefficient (Wildman–Crippen LogP) is 2.40. The second-order valence-corrected chi connectivity index (χ2v) is 6.32. The van der Waals surface area contributed by atoms with Crippen molar-refractivity contribution in [2.75, 3.05) is 0 Å². The van der Waals surface area contributed by atoms with E-state index in [0.717, 1.165) is 16.3 Å². The molecule has 24 heavy (non-hydrogen) atoms. The van der Waals surface area contributed by atoms with E-state index in [-0.39, 0.29) is 29.4 Å². The summed E-state index contributed by atoms with van der Waals surface area (Å²) in [6.07, 6.45) is 1.61. The van der Waals surface area contributed by atoms with Gasteiger partial charge in [0, 0.05) is 6.20 Å². The zero-order valence-corrected chi connectivity index (χ0v) is 13.4. The highest BCUT2D eigenvalue weighted by molar-refractivity contribution is 5.97. The first kappa shape index (κ1) is 14.6. The SMILES string of the molecule is CC(=O)[C@@H]1Cn2c(=O)c3cc4ccccc4cc3c(=O)n2C=C1C. The maximum absolute atomic E-state index is 12.9. The van der Waals surface area contributed by atoms with Crippen LogP contribution in [0.1, 0.15) is 13.8 Å². The number of carbonyl (C=O) groups excluding carboxylic acids is 1. The predicted molar refractivity (Wildman–Crippen MR) is 94.1 cm³/mol. The van der Waals surface area contributed by atoms with Crippen LogP contribution in [0, 0.1) is 5.92 Å². The van der Waals surface area contributed by atoms with Gasteiger partial charge in [-0.3, -0.25) is 14.4 Å². The summed E-state index contributed by atoms with van der Waals surface area (Å²) in [6, 6.07) is 11.2. The van der Waals surface area contributed by atoms with E-state index < -0.39 is 0 Å². The lowest BCUT2D eigenvalue weighted by molar-refractivity contribution is -0.120. The van der Waals surface area contributed by atoms with Crippen molar-refractivity contribution >= 4 is 33.5 Å². The Hall–Kier alpha value is -2.95. The first-order valence-electron chi connectivity index (χ1n) is 7.84. The molecule has 0 amide bonds. The van der Waals surface area contributed by atoms with Gasteiger partial charge in [0.1, 0.15) is 5.78 Å². The topological polar surface area (TPSA) is 61.1 Å². The number of ketones is 1. The molecule has 0 bridgehead atoms. The van der Waals surface area contributed by atoms with Crippen LogP contribution in [0.15, 0.2) is 51.6 Å². The molecular weight excluding hydrogens is 304 g/mol. The standard InChI is InChI=1S/C19H16N2O3/c1-11-9-20-18(23)15-7-13-5-3-4-6-14(13)8-16(15)19(24)21(20)10-17(11)12(2)22/h3-9,17H,10H2,1-2H3/t17-/m1/s1. The van der Waals surface area contributed by atoms with Crippen LogP contribution in [0.25, 0.3) is 27.7 Å². The van der Waals surface area contributed by atoms with E-state index in [1.807, 2.05) is 31.2 Å². The molecule has 0 saturated carbocycles. The molecule has 1 aliphatic rings. The minimum Gasteiger partial charge on any atom is -0.299 e. The Balaban J connectivity index is 2.13. The van der Waals surface area contributed by atoms with Gasteiger partial charge in [-0.1, -0.05) is 24.3 Å². The maximum atomic E-state index is 12.9. The number of allylic oxidation sites excluding steroid dienone is 1. The van der Waals surface area contributed by atoms with Gasteiger partial charge in [0.25, 0.3) is 11.1 Å². The number of Topliss-reactive ketones (excluding diaryl/α,β-unsaturated/α-hetero) is 1. The number of fused-ring (bicyclic) bond motifs is 3. The third kappa shape index (κ3) is 1.98. The summed E-state index contributed by atoms with van der Waals surface area (Å²) in [5, 5.41) is 2.63. The van der Waals surface area contributed by atoms with Gasteiger partial charge in [-0.05, 0) is 42.3 Å². The summed E-state index contributed by atoms with van der Waals surface area (Å²) in [5.74, 6) is -0.368. The van der Waals surface area contributed by atoms with Crippen molar-refractivity contribution in [3.63, 3.8) is 0 Å². The van der Waals surface area contributed by atoms with Crippen LogP contribution in [0.4, 0.5) is 0 Å². The van der Waals surface area contributed by atoms with E-state index in [1.165, 1.54) is 16.3 Å². The summed E-state index contributed by atoms with van der Waals surface area (Å²) in [4.78, 5) is 37.6. The maximum Gasteiger partial charge on any atom is 0.277 e. The van der Waals surface area contributed by atoms with Gasteiger partial charge in [-0.2, -0.15) is 0 Å². The zero-order chi connectivity index (χ0) is 17.0. The quantitative estimate of drug-likeness (QED) is 0.647. The third-order valence-corrected chi connectivity index (χ3v) is 4.77. The lowest BCUT2D eigenvalue weighted by atomic mass is 9.96. The summed E-state index contributed by atoms with van der Waals surface area (Å²) in [7, 11) is 0. The smallest absolute Gasteiger partial charge is 0.277 e. The fourth-order valence-electron chi connectivity index (χ4n) is 3.41. The Bertz CT molecular complexity index is 1160. The fourth-order valence-corrected chi connectivity index (χ4v) is 3.41. The van der Waals surface area contributed by atoms with Crippen LogP contribution in [0.3, 0.4) is 0 Å². The summed E-state index contributed by atoms with van der Waals surface area (Å²) < 4.78 is 2.72. The average molecular weight is 320 g/mol. The van der Waals surface area contributed by atoms with Crippen LogP contribution >= 0.6 is 0 Å². The molecule has 0 saturated heterocycles. The summed E-state index contributed by atoms with van der Waals surface area (Å²) >= 11 is 0. The average Bonchev–Trinajstić information content (AvgIpc) is 2.57. The largest absolute Gasteiger partial charge is 0.299 e. The summed E-state index contributed by atoms with van der Waals surface area (Å²) in [6.45, 7) is 3.53. The van der Waals surface area contributed by atoms with Gasteiger partial charge in [0.2, 0.25) is 0 Å². The molecule has 5 nitrogen and oxygen atoms in total. The molecule has 4 rings (SSSR count). The second-order valence-electron chi connectivity index (χ2n) is 6.32. The molecule has 0 spiro atoms. The molecule has 0 fully saturated rings. The molecule has 0 unspecified atom stereocenters. The number of hydrogen-bond donors (Lipinski definition) is 0.